The van der Waals surface area contributed by atoms with Gasteiger partial charge in [-0.1, -0.05) is 0 Å². The molecule has 0 fully saturated rings. The third-order valence-corrected chi connectivity index (χ3v) is 1.92. The third kappa shape index (κ3) is 2.86. The van der Waals surface area contributed by atoms with E-state index in [2.05, 4.69) is 14.5 Å². The highest BCUT2D eigenvalue weighted by molar-refractivity contribution is 5.94. The second kappa shape index (κ2) is 5.03. The van der Waals surface area contributed by atoms with Crippen molar-refractivity contribution in [3.05, 3.63) is 23.5 Å². The Balaban J connectivity index is 3.36. The molecule has 94 valence electrons. The van der Waals surface area contributed by atoms with Crippen molar-refractivity contribution in [1.29, 1.82) is 0 Å². The number of rotatable bonds is 3. The first-order valence-corrected chi connectivity index (χ1v) is 4.68. The minimum absolute atomic E-state index is 0.0262. The van der Waals surface area contributed by atoms with Crippen LogP contribution in [0.15, 0.2) is 12.4 Å². The quantitative estimate of drug-likeness (QED) is 0.771. The number of pyridine rings is 1. The van der Waals surface area contributed by atoms with Crippen LogP contribution in [0.5, 0.6) is 5.75 Å². The molecule has 17 heavy (non-hydrogen) atoms. The van der Waals surface area contributed by atoms with E-state index < -0.39 is 23.3 Å². The lowest BCUT2D eigenvalue weighted by Gasteiger charge is -2.14. The maximum atomic E-state index is 12.7. The molecule has 0 radical (unpaired) electrons. The van der Waals surface area contributed by atoms with Crippen LogP contribution in [0.1, 0.15) is 22.8 Å². The van der Waals surface area contributed by atoms with Gasteiger partial charge < -0.3 is 9.47 Å². The lowest BCUT2D eigenvalue weighted by atomic mass is 10.1. The predicted octanol–water partition coefficient (Wildman–Crippen LogP) is 2.29. The van der Waals surface area contributed by atoms with Crippen LogP contribution >= 0.6 is 0 Å². The van der Waals surface area contributed by atoms with Crippen LogP contribution in [0.3, 0.4) is 0 Å². The number of methoxy groups -OCH3 is 1. The molecule has 0 aliphatic heterocycles. The molecule has 1 aromatic rings. The Kier molecular flexibility index (Phi) is 3.93. The van der Waals surface area contributed by atoms with Crippen LogP contribution < -0.4 is 4.74 Å². The molecular weight excluding hydrogens is 239 g/mol. The van der Waals surface area contributed by atoms with Crippen molar-refractivity contribution >= 4 is 5.97 Å². The van der Waals surface area contributed by atoms with E-state index >= 15 is 0 Å². The van der Waals surface area contributed by atoms with Gasteiger partial charge in [0.05, 0.1) is 25.5 Å². The third-order valence-electron chi connectivity index (χ3n) is 1.92. The monoisotopic (exact) mass is 249 g/mol. The minimum atomic E-state index is -4.69. The number of carbonyl (C=O) groups is 1. The lowest BCUT2D eigenvalue weighted by Crippen LogP contribution is -2.17. The van der Waals surface area contributed by atoms with Gasteiger partial charge in [-0.3, -0.25) is 4.98 Å². The number of hydrogen-bond acceptors (Lipinski definition) is 4. The fourth-order valence-electron chi connectivity index (χ4n) is 1.22. The molecule has 0 N–H and O–H groups in total. The molecule has 0 saturated heterocycles. The van der Waals surface area contributed by atoms with Crippen molar-refractivity contribution in [2.24, 2.45) is 0 Å². The first kappa shape index (κ1) is 13.3. The standard InChI is InChI=1S/C10H10F3NO3/c1-3-17-9(15)8-6(10(11,12)13)4-14-5-7(8)16-2/h4-5H,3H2,1-2H3. The van der Waals surface area contributed by atoms with Crippen LogP contribution in [0.2, 0.25) is 0 Å². The van der Waals surface area contributed by atoms with E-state index in [9.17, 15) is 18.0 Å². The second-order valence-corrected chi connectivity index (χ2v) is 2.98. The summed E-state index contributed by atoms with van der Waals surface area (Å²) in [6.45, 7) is 1.47. The lowest BCUT2D eigenvalue weighted by molar-refractivity contribution is -0.138. The van der Waals surface area contributed by atoms with Gasteiger partial charge in [-0.05, 0) is 6.92 Å². The average molecular weight is 249 g/mol. The van der Waals surface area contributed by atoms with E-state index in [0.717, 1.165) is 13.3 Å². The highest BCUT2D eigenvalue weighted by Gasteiger charge is 2.38. The minimum Gasteiger partial charge on any atom is -0.494 e. The maximum absolute atomic E-state index is 12.7. The molecule has 0 unspecified atom stereocenters. The van der Waals surface area contributed by atoms with E-state index in [1.54, 1.807) is 0 Å². The molecule has 0 bridgehead atoms. The molecule has 0 atom stereocenters. The number of esters is 1. The Labute approximate surface area is 95.4 Å². The molecule has 0 saturated carbocycles. The molecule has 0 amide bonds. The van der Waals surface area contributed by atoms with Crippen LogP contribution in [0, 0.1) is 0 Å². The number of aromatic nitrogens is 1. The fraction of sp³-hybridized carbons (Fsp3) is 0.400. The Bertz CT molecular complexity index is 418. The van der Waals surface area contributed by atoms with Gasteiger partial charge in [-0.25, -0.2) is 4.79 Å². The number of carbonyl (C=O) groups excluding carboxylic acids is 1. The summed E-state index contributed by atoms with van der Waals surface area (Å²) in [6, 6.07) is 0. The van der Waals surface area contributed by atoms with Crippen molar-refractivity contribution in [2.75, 3.05) is 13.7 Å². The van der Waals surface area contributed by atoms with E-state index in [4.69, 9.17) is 0 Å². The molecule has 0 spiro atoms. The molecule has 1 heterocycles. The average Bonchev–Trinajstić information content (AvgIpc) is 2.27. The fourth-order valence-corrected chi connectivity index (χ4v) is 1.22. The number of halogens is 3. The topological polar surface area (TPSA) is 48.4 Å². The predicted molar refractivity (Wildman–Crippen MR) is 51.7 cm³/mol. The molecule has 1 rings (SSSR count). The van der Waals surface area contributed by atoms with Gasteiger partial charge in [0.2, 0.25) is 0 Å². The number of ether oxygens (including phenoxy) is 2. The maximum Gasteiger partial charge on any atom is 0.418 e. The zero-order valence-electron chi connectivity index (χ0n) is 9.17. The molecule has 0 aromatic carbocycles. The molecule has 4 nitrogen and oxygen atoms in total. The van der Waals surface area contributed by atoms with E-state index in [1.165, 1.54) is 6.92 Å². The molecule has 0 aliphatic rings. The zero-order valence-corrected chi connectivity index (χ0v) is 9.17. The highest BCUT2D eigenvalue weighted by Crippen LogP contribution is 2.35. The number of nitrogens with zero attached hydrogens (tertiary/aromatic N) is 1. The van der Waals surface area contributed by atoms with Crippen LogP contribution in [-0.4, -0.2) is 24.7 Å². The summed E-state index contributed by atoms with van der Waals surface area (Å²) in [5.41, 5.74) is -1.83. The summed E-state index contributed by atoms with van der Waals surface area (Å²) in [7, 11) is 1.15. The van der Waals surface area contributed by atoms with Crippen LogP contribution in [0.4, 0.5) is 13.2 Å². The van der Waals surface area contributed by atoms with E-state index in [-0.39, 0.29) is 12.4 Å². The van der Waals surface area contributed by atoms with E-state index in [0.29, 0.717) is 6.20 Å². The van der Waals surface area contributed by atoms with Gasteiger partial charge in [0.1, 0.15) is 5.56 Å². The SMILES string of the molecule is CCOC(=O)c1c(OC)cncc1C(F)(F)F. The van der Waals surface area contributed by atoms with Gasteiger partial charge >= 0.3 is 12.1 Å². The van der Waals surface area contributed by atoms with Gasteiger partial charge in [0.25, 0.3) is 0 Å². The zero-order chi connectivity index (χ0) is 13.1. The summed E-state index contributed by atoms with van der Waals surface area (Å²) in [5.74, 6) is -1.35. The smallest absolute Gasteiger partial charge is 0.418 e. The van der Waals surface area contributed by atoms with Crippen LogP contribution in [-0.2, 0) is 10.9 Å². The van der Waals surface area contributed by atoms with Gasteiger partial charge in [0.15, 0.2) is 5.75 Å². The number of alkyl halides is 3. The molecule has 0 aliphatic carbocycles. The van der Waals surface area contributed by atoms with Crippen molar-refractivity contribution in [3.8, 4) is 5.75 Å². The Hall–Kier alpha value is -1.79. The summed E-state index contributed by atoms with van der Waals surface area (Å²) in [5, 5.41) is 0. The van der Waals surface area contributed by atoms with E-state index in [1.807, 2.05) is 0 Å². The normalized spacial score (nSPS) is 11.1. The van der Waals surface area contributed by atoms with Gasteiger partial charge in [0, 0.05) is 6.20 Å². The summed E-state index contributed by atoms with van der Waals surface area (Å²) >= 11 is 0. The van der Waals surface area contributed by atoms with Crippen molar-refractivity contribution < 1.29 is 27.4 Å². The first-order chi connectivity index (χ1) is 7.91. The van der Waals surface area contributed by atoms with Crippen molar-refractivity contribution in [1.82, 2.24) is 4.98 Å². The first-order valence-electron chi connectivity index (χ1n) is 4.68. The Morgan fingerprint density at radius 2 is 2.06 bits per heavy atom. The molecule has 7 heteroatoms. The number of hydrogen-bond donors (Lipinski definition) is 0. The summed E-state index contributed by atoms with van der Waals surface area (Å²) < 4.78 is 47.2. The van der Waals surface area contributed by atoms with Crippen molar-refractivity contribution in [3.63, 3.8) is 0 Å². The van der Waals surface area contributed by atoms with Gasteiger partial charge in [-0.2, -0.15) is 13.2 Å². The highest BCUT2D eigenvalue weighted by atomic mass is 19.4. The molecule has 1 aromatic heterocycles. The van der Waals surface area contributed by atoms with Gasteiger partial charge in [-0.15, -0.1) is 0 Å². The second-order valence-electron chi connectivity index (χ2n) is 2.98. The molecular formula is C10H10F3NO3. The Morgan fingerprint density at radius 3 is 2.53 bits per heavy atom. The summed E-state index contributed by atoms with van der Waals surface area (Å²) in [6.07, 6.45) is -3.10. The largest absolute Gasteiger partial charge is 0.494 e. The van der Waals surface area contributed by atoms with Crippen molar-refractivity contribution in [2.45, 2.75) is 13.1 Å². The Morgan fingerprint density at radius 1 is 1.41 bits per heavy atom. The summed E-state index contributed by atoms with van der Waals surface area (Å²) in [4.78, 5) is 14.8. The van der Waals surface area contributed by atoms with Crippen LogP contribution in [0.25, 0.3) is 0 Å².